The highest BCUT2D eigenvalue weighted by Gasteiger charge is 2.43. The number of hydrogen-bond donors (Lipinski definition) is 1. The van der Waals surface area contributed by atoms with Crippen LogP contribution in [0.3, 0.4) is 0 Å². The number of fused-ring (bicyclic) bond motifs is 2. The number of nitrogens with zero attached hydrogens (tertiary/aromatic N) is 1. The van der Waals surface area contributed by atoms with Gasteiger partial charge in [-0.1, -0.05) is 13.8 Å². The lowest BCUT2D eigenvalue weighted by molar-refractivity contribution is -0.130. The van der Waals surface area contributed by atoms with Crippen molar-refractivity contribution >= 4 is 5.91 Å². The highest BCUT2D eigenvalue weighted by atomic mass is 16.5. The van der Waals surface area contributed by atoms with Crippen molar-refractivity contribution in [1.82, 2.24) is 10.2 Å². The van der Waals surface area contributed by atoms with Gasteiger partial charge in [0, 0.05) is 12.5 Å². The second kappa shape index (κ2) is 4.25. The summed E-state index contributed by atoms with van der Waals surface area (Å²) in [6.07, 6.45) is 4.48. The van der Waals surface area contributed by atoms with E-state index in [2.05, 4.69) is 19.2 Å². The van der Waals surface area contributed by atoms with Crippen molar-refractivity contribution in [2.45, 2.75) is 51.4 Å². The minimum Gasteiger partial charge on any atom is -0.375 e. The first-order chi connectivity index (χ1) is 8.15. The summed E-state index contributed by atoms with van der Waals surface area (Å²) >= 11 is 0. The van der Waals surface area contributed by atoms with Crippen LogP contribution in [-0.4, -0.2) is 42.3 Å². The summed E-state index contributed by atoms with van der Waals surface area (Å²) in [5, 5.41) is 3.31. The minimum absolute atomic E-state index is 0.0227. The summed E-state index contributed by atoms with van der Waals surface area (Å²) in [7, 11) is 0. The molecule has 17 heavy (non-hydrogen) atoms. The van der Waals surface area contributed by atoms with Gasteiger partial charge in [0.15, 0.2) is 0 Å². The molecule has 3 saturated heterocycles. The highest BCUT2D eigenvalue weighted by molar-refractivity contribution is 5.84. The quantitative estimate of drug-likeness (QED) is 0.796. The lowest BCUT2D eigenvalue weighted by atomic mass is 9.89. The molecule has 4 atom stereocenters. The van der Waals surface area contributed by atoms with Crippen LogP contribution in [-0.2, 0) is 9.53 Å². The van der Waals surface area contributed by atoms with Crippen molar-refractivity contribution in [3.05, 3.63) is 0 Å². The zero-order valence-electron chi connectivity index (χ0n) is 10.7. The molecule has 3 aliphatic heterocycles. The van der Waals surface area contributed by atoms with Gasteiger partial charge in [-0.15, -0.1) is 0 Å². The molecular formula is C13H22N2O2. The Kier molecular flexibility index (Phi) is 2.87. The first kappa shape index (κ1) is 11.5. The maximum Gasteiger partial charge on any atom is 0.241 e. The van der Waals surface area contributed by atoms with Gasteiger partial charge in [0.25, 0.3) is 0 Å². The van der Waals surface area contributed by atoms with Gasteiger partial charge in [-0.3, -0.25) is 10.1 Å². The lowest BCUT2D eigenvalue weighted by Crippen LogP contribution is -2.38. The first-order valence-electron chi connectivity index (χ1n) is 6.83. The summed E-state index contributed by atoms with van der Waals surface area (Å²) in [5.74, 6) is 1.23. The molecule has 2 bridgehead atoms. The van der Waals surface area contributed by atoms with Gasteiger partial charge in [0.2, 0.25) is 5.91 Å². The molecule has 3 aliphatic rings. The van der Waals surface area contributed by atoms with E-state index < -0.39 is 0 Å². The number of amides is 1. The van der Waals surface area contributed by atoms with E-state index in [1.807, 2.05) is 4.90 Å². The van der Waals surface area contributed by atoms with E-state index in [4.69, 9.17) is 4.74 Å². The average Bonchev–Trinajstić information content (AvgIpc) is 2.95. The van der Waals surface area contributed by atoms with Crippen LogP contribution in [0.4, 0.5) is 0 Å². The Bertz CT molecular complexity index is 319. The van der Waals surface area contributed by atoms with Gasteiger partial charge < -0.3 is 9.64 Å². The molecule has 1 N–H and O–H groups in total. The Morgan fingerprint density at radius 2 is 2.29 bits per heavy atom. The predicted molar refractivity (Wildman–Crippen MR) is 64.3 cm³/mol. The Morgan fingerprint density at radius 3 is 2.82 bits per heavy atom. The number of ether oxygens (including phenoxy) is 1. The molecule has 0 aromatic rings. The number of carbonyl (C=O) groups is 1. The van der Waals surface area contributed by atoms with Crippen molar-refractivity contribution in [3.63, 3.8) is 0 Å². The molecule has 0 aliphatic carbocycles. The highest BCUT2D eigenvalue weighted by Crippen LogP contribution is 2.39. The fraction of sp³-hybridized carbons (Fsp3) is 0.923. The molecule has 0 radical (unpaired) electrons. The van der Waals surface area contributed by atoms with Crippen molar-refractivity contribution < 1.29 is 9.53 Å². The van der Waals surface area contributed by atoms with E-state index in [1.54, 1.807) is 0 Å². The molecule has 4 nitrogen and oxygen atoms in total. The first-order valence-corrected chi connectivity index (χ1v) is 6.83. The maximum absolute atomic E-state index is 12.2. The van der Waals surface area contributed by atoms with Crippen molar-refractivity contribution in [2.24, 2.45) is 11.8 Å². The smallest absolute Gasteiger partial charge is 0.241 e. The van der Waals surface area contributed by atoms with E-state index in [9.17, 15) is 4.79 Å². The number of nitrogens with one attached hydrogen (secondary N) is 1. The maximum atomic E-state index is 12.2. The molecule has 0 saturated carbocycles. The van der Waals surface area contributed by atoms with Crippen molar-refractivity contribution in [3.8, 4) is 0 Å². The van der Waals surface area contributed by atoms with Crippen LogP contribution >= 0.6 is 0 Å². The van der Waals surface area contributed by atoms with Gasteiger partial charge in [-0.25, -0.2) is 0 Å². The topological polar surface area (TPSA) is 41.6 Å². The predicted octanol–water partition coefficient (Wildman–Crippen LogP) is 0.968. The van der Waals surface area contributed by atoms with Crippen LogP contribution < -0.4 is 5.32 Å². The van der Waals surface area contributed by atoms with Crippen LogP contribution in [0.1, 0.15) is 33.1 Å². The van der Waals surface area contributed by atoms with Crippen LogP contribution in [0.5, 0.6) is 0 Å². The molecule has 0 aromatic heterocycles. The molecule has 96 valence electrons. The molecule has 3 fully saturated rings. The third-order valence-electron chi connectivity index (χ3n) is 4.43. The van der Waals surface area contributed by atoms with Crippen LogP contribution in [0.2, 0.25) is 0 Å². The van der Waals surface area contributed by atoms with Gasteiger partial charge in [0.1, 0.15) is 0 Å². The number of rotatable bonds is 3. The van der Waals surface area contributed by atoms with E-state index >= 15 is 0 Å². The standard InChI is InChI=1S/C13H22N2O2/c1-8(2)12-13(16)15(7-14-12)6-9-5-10-3-4-11(9)17-10/h8-12,14H,3-7H2,1-2H3. The molecule has 3 rings (SSSR count). The normalized spacial score (nSPS) is 40.9. The van der Waals surface area contributed by atoms with Crippen LogP contribution in [0.25, 0.3) is 0 Å². The van der Waals surface area contributed by atoms with Gasteiger partial charge >= 0.3 is 0 Å². The molecule has 1 amide bonds. The van der Waals surface area contributed by atoms with Gasteiger partial charge in [-0.05, 0) is 25.2 Å². The van der Waals surface area contributed by atoms with E-state index in [-0.39, 0.29) is 11.9 Å². The Hall–Kier alpha value is -0.610. The monoisotopic (exact) mass is 238 g/mol. The van der Waals surface area contributed by atoms with Crippen LogP contribution in [0, 0.1) is 11.8 Å². The SMILES string of the molecule is CC(C)C1NCN(CC2CC3CCC2O3)C1=O. The van der Waals surface area contributed by atoms with Gasteiger partial charge in [-0.2, -0.15) is 0 Å². The van der Waals surface area contributed by atoms with Crippen molar-refractivity contribution in [2.75, 3.05) is 13.2 Å². The average molecular weight is 238 g/mol. The zero-order chi connectivity index (χ0) is 12.0. The van der Waals surface area contributed by atoms with E-state index in [0.717, 1.165) is 19.6 Å². The van der Waals surface area contributed by atoms with E-state index in [1.165, 1.54) is 12.8 Å². The Labute approximate surface area is 103 Å². The fourth-order valence-corrected chi connectivity index (χ4v) is 3.46. The molecular weight excluding hydrogens is 216 g/mol. The van der Waals surface area contributed by atoms with E-state index in [0.29, 0.717) is 24.0 Å². The third-order valence-corrected chi connectivity index (χ3v) is 4.43. The molecule has 3 heterocycles. The summed E-state index contributed by atoms with van der Waals surface area (Å²) in [4.78, 5) is 14.1. The second-order valence-electron chi connectivity index (χ2n) is 6.01. The second-order valence-corrected chi connectivity index (χ2v) is 6.01. The summed E-state index contributed by atoms with van der Waals surface area (Å²) < 4.78 is 5.85. The zero-order valence-corrected chi connectivity index (χ0v) is 10.7. The van der Waals surface area contributed by atoms with Crippen molar-refractivity contribution in [1.29, 1.82) is 0 Å². The van der Waals surface area contributed by atoms with Gasteiger partial charge in [0.05, 0.1) is 24.9 Å². The fourth-order valence-electron chi connectivity index (χ4n) is 3.46. The molecule has 4 heteroatoms. The largest absolute Gasteiger partial charge is 0.375 e. The summed E-state index contributed by atoms with van der Waals surface area (Å²) in [5.41, 5.74) is 0. The lowest BCUT2D eigenvalue weighted by Gasteiger charge is -2.24. The Morgan fingerprint density at radius 1 is 1.47 bits per heavy atom. The summed E-state index contributed by atoms with van der Waals surface area (Å²) in [6, 6.07) is 0.0227. The summed E-state index contributed by atoms with van der Waals surface area (Å²) in [6.45, 7) is 5.80. The minimum atomic E-state index is 0.0227. The molecule has 0 aromatic carbocycles. The third kappa shape index (κ3) is 1.97. The van der Waals surface area contributed by atoms with Crippen LogP contribution in [0.15, 0.2) is 0 Å². The Balaban J connectivity index is 1.58. The molecule has 4 unspecified atom stereocenters. The number of hydrogen-bond acceptors (Lipinski definition) is 3. The number of carbonyl (C=O) groups excluding carboxylic acids is 1. The molecule has 0 spiro atoms.